The Morgan fingerprint density at radius 3 is 2.90 bits per heavy atom. The minimum Gasteiger partial charge on any atom is -0.316 e. The second kappa shape index (κ2) is 5.71. The molecule has 1 N–H and O–H groups in total. The highest BCUT2D eigenvalue weighted by molar-refractivity contribution is 7.17. The lowest BCUT2D eigenvalue weighted by Crippen LogP contribution is -2.16. The van der Waals surface area contributed by atoms with Gasteiger partial charge in [-0.2, -0.15) is 0 Å². The maximum absolute atomic E-state index is 13.9. The van der Waals surface area contributed by atoms with Gasteiger partial charge in [-0.3, -0.25) is 0 Å². The summed E-state index contributed by atoms with van der Waals surface area (Å²) in [6.07, 6.45) is 3.86. The molecule has 1 aromatic heterocycles. The molecule has 2 unspecified atom stereocenters. The van der Waals surface area contributed by atoms with Crippen LogP contribution < -0.4 is 5.32 Å². The van der Waals surface area contributed by atoms with Gasteiger partial charge in [0.05, 0.1) is 0 Å². The number of rotatable bonds is 3. The molecule has 21 heavy (non-hydrogen) atoms. The number of hydrogen-bond acceptors (Lipinski definition) is 2. The number of benzene rings is 1. The molecule has 112 valence electrons. The van der Waals surface area contributed by atoms with Gasteiger partial charge in [-0.25, -0.2) is 4.39 Å². The topological polar surface area (TPSA) is 12.0 Å². The minimum absolute atomic E-state index is 0. The summed E-state index contributed by atoms with van der Waals surface area (Å²) in [5.74, 6) is 1.26. The first-order chi connectivity index (χ1) is 9.78. The average molecular weight is 324 g/mol. The number of fused-ring (bicyclic) bond motifs is 3. The first kappa shape index (κ1) is 15.0. The summed E-state index contributed by atoms with van der Waals surface area (Å²) >= 11 is 1.74. The number of nitrogens with one attached hydrogen (secondary N) is 1. The van der Waals surface area contributed by atoms with E-state index in [4.69, 9.17) is 0 Å². The SMILES string of the molecule is CNCC1=C(c2cc(F)cc3ccsc23)C2CCC1C2.Cl. The molecular weight excluding hydrogens is 305 g/mol. The van der Waals surface area contributed by atoms with Crippen molar-refractivity contribution in [3.8, 4) is 0 Å². The molecule has 0 aliphatic heterocycles. The summed E-state index contributed by atoms with van der Waals surface area (Å²) in [7, 11) is 2.00. The molecule has 0 spiro atoms. The van der Waals surface area contributed by atoms with E-state index in [-0.39, 0.29) is 18.2 Å². The zero-order chi connectivity index (χ0) is 13.7. The van der Waals surface area contributed by atoms with Gasteiger partial charge < -0.3 is 5.32 Å². The minimum atomic E-state index is -0.106. The highest BCUT2D eigenvalue weighted by Gasteiger charge is 2.39. The third kappa shape index (κ3) is 2.32. The standard InChI is InChI=1S/C17H18FNS.ClH/c1-19-9-15-10-2-3-11(6-10)16(15)14-8-13(18)7-12-4-5-20-17(12)14;/h4-5,7-8,10-11,19H,2-3,6,9H2,1H3;1H. The Hall–Kier alpha value is -0.900. The van der Waals surface area contributed by atoms with Crippen molar-refractivity contribution in [1.29, 1.82) is 0 Å². The van der Waals surface area contributed by atoms with E-state index in [0.29, 0.717) is 5.92 Å². The van der Waals surface area contributed by atoms with Crippen LogP contribution in [0.5, 0.6) is 0 Å². The van der Waals surface area contributed by atoms with E-state index in [1.807, 2.05) is 13.1 Å². The van der Waals surface area contributed by atoms with Gasteiger partial charge in [0.25, 0.3) is 0 Å². The van der Waals surface area contributed by atoms with Gasteiger partial charge in [0, 0.05) is 11.2 Å². The van der Waals surface area contributed by atoms with Crippen molar-refractivity contribution < 1.29 is 4.39 Å². The van der Waals surface area contributed by atoms with Gasteiger partial charge in [-0.1, -0.05) is 0 Å². The lowest BCUT2D eigenvalue weighted by atomic mass is 9.86. The molecule has 0 saturated heterocycles. The van der Waals surface area contributed by atoms with Crippen LogP contribution in [0.25, 0.3) is 15.7 Å². The van der Waals surface area contributed by atoms with Crippen molar-refractivity contribution in [1.82, 2.24) is 5.32 Å². The lowest BCUT2D eigenvalue weighted by Gasteiger charge is -2.21. The third-order valence-corrected chi connectivity index (χ3v) is 5.82. The number of thiophene rings is 1. The molecule has 0 radical (unpaired) electrons. The van der Waals surface area contributed by atoms with Crippen molar-refractivity contribution in [2.75, 3.05) is 13.6 Å². The van der Waals surface area contributed by atoms with Crippen LogP contribution in [0.15, 0.2) is 29.2 Å². The predicted molar refractivity (Wildman–Crippen MR) is 90.7 cm³/mol. The molecule has 2 aromatic rings. The van der Waals surface area contributed by atoms with Crippen LogP contribution in [0.4, 0.5) is 4.39 Å². The van der Waals surface area contributed by atoms with E-state index in [9.17, 15) is 4.39 Å². The van der Waals surface area contributed by atoms with Gasteiger partial charge in [0.15, 0.2) is 0 Å². The fourth-order valence-corrected chi connectivity index (χ4v) is 5.02. The predicted octanol–water partition coefficient (Wildman–Crippen LogP) is 4.87. The Bertz CT molecular complexity index is 706. The largest absolute Gasteiger partial charge is 0.316 e. The molecule has 2 aliphatic rings. The zero-order valence-corrected chi connectivity index (χ0v) is 13.6. The van der Waals surface area contributed by atoms with Crippen LogP contribution in [-0.4, -0.2) is 13.6 Å². The molecule has 1 fully saturated rings. The Labute approximate surface area is 134 Å². The van der Waals surface area contributed by atoms with Crippen molar-refractivity contribution in [2.45, 2.75) is 19.3 Å². The monoisotopic (exact) mass is 323 g/mol. The first-order valence-electron chi connectivity index (χ1n) is 7.32. The van der Waals surface area contributed by atoms with E-state index < -0.39 is 0 Å². The normalized spacial score (nSPS) is 23.9. The summed E-state index contributed by atoms with van der Waals surface area (Å²) in [5, 5.41) is 6.42. The maximum atomic E-state index is 13.9. The van der Waals surface area contributed by atoms with E-state index in [2.05, 4.69) is 10.7 Å². The van der Waals surface area contributed by atoms with Gasteiger partial charge in [-0.15, -0.1) is 23.7 Å². The first-order valence-corrected chi connectivity index (χ1v) is 8.20. The van der Waals surface area contributed by atoms with Crippen LogP contribution in [0.3, 0.4) is 0 Å². The summed E-state index contributed by atoms with van der Waals surface area (Å²) < 4.78 is 15.2. The molecule has 1 saturated carbocycles. The van der Waals surface area contributed by atoms with Crippen molar-refractivity contribution in [3.63, 3.8) is 0 Å². The van der Waals surface area contributed by atoms with Crippen LogP contribution >= 0.6 is 23.7 Å². The molecule has 1 nitrogen and oxygen atoms in total. The Kier molecular flexibility index (Phi) is 4.08. The second-order valence-corrected chi connectivity index (χ2v) is 6.88. The average Bonchev–Trinajstić information content (AvgIpc) is 3.12. The van der Waals surface area contributed by atoms with E-state index >= 15 is 0 Å². The molecule has 0 amide bonds. The third-order valence-electron chi connectivity index (χ3n) is 4.85. The van der Waals surface area contributed by atoms with E-state index in [1.54, 1.807) is 23.5 Å². The molecule has 4 rings (SSSR count). The van der Waals surface area contributed by atoms with Crippen LogP contribution in [-0.2, 0) is 0 Å². The van der Waals surface area contributed by atoms with Gasteiger partial charge in [0.2, 0.25) is 0 Å². The molecule has 2 aliphatic carbocycles. The van der Waals surface area contributed by atoms with Crippen LogP contribution in [0.1, 0.15) is 24.8 Å². The van der Waals surface area contributed by atoms with Crippen LogP contribution in [0.2, 0.25) is 0 Å². The van der Waals surface area contributed by atoms with Crippen molar-refractivity contribution in [3.05, 3.63) is 40.5 Å². The summed E-state index contributed by atoms with van der Waals surface area (Å²) in [4.78, 5) is 0. The fourth-order valence-electron chi connectivity index (χ4n) is 4.11. The Morgan fingerprint density at radius 2 is 2.10 bits per heavy atom. The molecule has 2 bridgehead atoms. The highest BCUT2D eigenvalue weighted by atomic mass is 35.5. The Morgan fingerprint density at radius 1 is 1.29 bits per heavy atom. The van der Waals surface area contributed by atoms with Gasteiger partial charge >= 0.3 is 0 Å². The molecule has 4 heteroatoms. The molecular formula is C17H19ClFNS. The van der Waals surface area contributed by atoms with Gasteiger partial charge in [0.1, 0.15) is 5.82 Å². The van der Waals surface area contributed by atoms with Crippen molar-refractivity contribution in [2.24, 2.45) is 11.8 Å². The molecule has 1 aromatic carbocycles. The summed E-state index contributed by atoms with van der Waals surface area (Å²) in [5.41, 5.74) is 4.14. The molecule has 2 atom stereocenters. The smallest absolute Gasteiger partial charge is 0.124 e. The number of likely N-dealkylation sites (N-methyl/N-ethyl adjacent to an activating group) is 1. The second-order valence-electron chi connectivity index (χ2n) is 5.97. The lowest BCUT2D eigenvalue weighted by molar-refractivity contribution is 0.626. The highest BCUT2D eigenvalue weighted by Crippen LogP contribution is 2.53. The number of allylic oxidation sites excluding steroid dienone is 1. The molecule has 1 heterocycles. The fraction of sp³-hybridized carbons (Fsp3) is 0.412. The van der Waals surface area contributed by atoms with Crippen molar-refractivity contribution >= 4 is 39.4 Å². The van der Waals surface area contributed by atoms with E-state index in [1.165, 1.54) is 35.1 Å². The maximum Gasteiger partial charge on any atom is 0.124 e. The van der Waals surface area contributed by atoms with Gasteiger partial charge in [-0.05, 0) is 83.8 Å². The van der Waals surface area contributed by atoms with E-state index in [0.717, 1.165) is 23.4 Å². The van der Waals surface area contributed by atoms with Crippen LogP contribution in [0, 0.1) is 17.7 Å². The zero-order valence-electron chi connectivity index (χ0n) is 12.0. The quantitative estimate of drug-likeness (QED) is 0.850. The number of hydrogen-bond donors (Lipinski definition) is 1. The summed E-state index contributed by atoms with van der Waals surface area (Å²) in [6.45, 7) is 0.944. The summed E-state index contributed by atoms with van der Waals surface area (Å²) in [6, 6.07) is 5.43. The Balaban J connectivity index is 0.00000132. The number of halogens is 2.